The lowest BCUT2D eigenvalue weighted by Crippen LogP contribution is -2.20. The highest BCUT2D eigenvalue weighted by Crippen LogP contribution is 2.27. The van der Waals surface area contributed by atoms with E-state index >= 15 is 0 Å². The molecule has 0 saturated carbocycles. The van der Waals surface area contributed by atoms with E-state index in [1.807, 2.05) is 18.9 Å². The fourth-order valence-electron chi connectivity index (χ4n) is 1.60. The van der Waals surface area contributed by atoms with Crippen LogP contribution in [0.2, 0.25) is 5.28 Å². The van der Waals surface area contributed by atoms with Gasteiger partial charge in [-0.1, -0.05) is 0 Å². The summed E-state index contributed by atoms with van der Waals surface area (Å²) in [6.45, 7) is 2.54. The normalized spacial score (nSPS) is 10.7. The van der Waals surface area contributed by atoms with Crippen molar-refractivity contribution >= 4 is 50.4 Å². The number of nitrogen functional groups attached to an aromatic ring is 1. The Kier molecular flexibility index (Phi) is 4.09. The van der Waals surface area contributed by atoms with Crippen LogP contribution in [-0.2, 0) is 6.54 Å². The van der Waals surface area contributed by atoms with Gasteiger partial charge in [0.1, 0.15) is 0 Å². The quantitative estimate of drug-likeness (QED) is 0.864. The molecule has 0 spiro atoms. The monoisotopic (exact) mass is 346 g/mol. The van der Waals surface area contributed by atoms with Crippen molar-refractivity contribution in [2.45, 2.75) is 13.5 Å². The molecule has 0 aliphatic carbocycles. The Morgan fingerprint density at radius 1 is 1.50 bits per heavy atom. The zero-order chi connectivity index (χ0) is 13.3. The molecule has 0 amide bonds. The van der Waals surface area contributed by atoms with Crippen molar-refractivity contribution in [3.63, 3.8) is 0 Å². The SMILES string of the molecule is Cc1nc(Cl)nc(N(C)Cc2csc(Br)c2)c1N. The predicted molar refractivity (Wildman–Crippen MR) is 80.3 cm³/mol. The molecule has 2 heterocycles. The Bertz CT molecular complexity index is 572. The van der Waals surface area contributed by atoms with Gasteiger partial charge in [-0.15, -0.1) is 11.3 Å². The number of thiophene rings is 1. The van der Waals surface area contributed by atoms with Crippen LogP contribution in [0.25, 0.3) is 0 Å². The van der Waals surface area contributed by atoms with Crippen molar-refractivity contribution in [3.8, 4) is 0 Å². The summed E-state index contributed by atoms with van der Waals surface area (Å²) < 4.78 is 1.11. The summed E-state index contributed by atoms with van der Waals surface area (Å²) in [6.07, 6.45) is 0. The zero-order valence-electron chi connectivity index (χ0n) is 9.94. The lowest BCUT2D eigenvalue weighted by atomic mass is 10.3. The number of halogens is 2. The molecule has 2 rings (SSSR count). The first-order valence-corrected chi connectivity index (χ1v) is 7.26. The second kappa shape index (κ2) is 5.42. The third-order valence-corrected chi connectivity index (χ3v) is 4.21. The maximum Gasteiger partial charge on any atom is 0.224 e. The Morgan fingerprint density at radius 3 is 2.83 bits per heavy atom. The third kappa shape index (κ3) is 2.93. The molecule has 18 heavy (non-hydrogen) atoms. The standard InChI is InChI=1S/C11H12BrClN4S/c1-6-9(14)10(16-11(13)15-6)17(2)4-7-3-8(12)18-5-7/h3,5H,4,14H2,1-2H3. The predicted octanol–water partition coefficient (Wildman–Crippen LogP) is 3.48. The van der Waals surface area contributed by atoms with E-state index in [2.05, 4.69) is 37.3 Å². The lowest BCUT2D eigenvalue weighted by Gasteiger charge is -2.20. The molecule has 2 aromatic heterocycles. The summed E-state index contributed by atoms with van der Waals surface area (Å²) in [4.78, 5) is 10.2. The molecule has 96 valence electrons. The fraction of sp³-hybridized carbons (Fsp3) is 0.273. The van der Waals surface area contributed by atoms with Crippen LogP contribution in [0.15, 0.2) is 15.2 Å². The fourth-order valence-corrected chi connectivity index (χ4v) is 3.01. The summed E-state index contributed by atoms with van der Waals surface area (Å²) in [5.74, 6) is 0.662. The Hall–Kier alpha value is -0.850. The van der Waals surface area contributed by atoms with Crippen LogP contribution in [0, 0.1) is 6.92 Å². The summed E-state index contributed by atoms with van der Waals surface area (Å²) in [6, 6.07) is 2.08. The molecule has 0 unspecified atom stereocenters. The second-order valence-electron chi connectivity index (χ2n) is 3.93. The van der Waals surface area contributed by atoms with Crippen molar-refractivity contribution in [1.82, 2.24) is 9.97 Å². The highest BCUT2D eigenvalue weighted by molar-refractivity contribution is 9.11. The van der Waals surface area contributed by atoms with Crippen LogP contribution in [0.1, 0.15) is 11.3 Å². The van der Waals surface area contributed by atoms with Gasteiger partial charge in [-0.2, -0.15) is 4.98 Å². The topological polar surface area (TPSA) is 55.0 Å². The minimum Gasteiger partial charge on any atom is -0.394 e. The van der Waals surface area contributed by atoms with E-state index in [1.165, 1.54) is 5.56 Å². The van der Waals surface area contributed by atoms with E-state index in [-0.39, 0.29) is 5.28 Å². The van der Waals surface area contributed by atoms with Gasteiger partial charge in [0.25, 0.3) is 0 Å². The molecule has 0 aliphatic heterocycles. The number of hydrogen-bond acceptors (Lipinski definition) is 5. The minimum atomic E-state index is 0.218. The van der Waals surface area contributed by atoms with Gasteiger partial charge in [0.15, 0.2) is 5.82 Å². The van der Waals surface area contributed by atoms with Gasteiger partial charge in [0.2, 0.25) is 5.28 Å². The maximum atomic E-state index is 5.98. The van der Waals surface area contributed by atoms with Crippen LogP contribution in [0.3, 0.4) is 0 Å². The van der Waals surface area contributed by atoms with Gasteiger partial charge in [-0.25, -0.2) is 4.98 Å². The number of aromatic nitrogens is 2. The summed E-state index contributed by atoms with van der Waals surface area (Å²) in [7, 11) is 1.93. The van der Waals surface area contributed by atoms with E-state index in [4.69, 9.17) is 17.3 Å². The molecule has 0 atom stereocenters. The molecular formula is C11H12BrClN4S. The van der Waals surface area contributed by atoms with Crippen molar-refractivity contribution in [3.05, 3.63) is 31.8 Å². The molecule has 0 aromatic carbocycles. The number of nitrogens with two attached hydrogens (primary N) is 1. The van der Waals surface area contributed by atoms with E-state index in [0.717, 1.165) is 10.3 Å². The molecule has 4 nitrogen and oxygen atoms in total. The van der Waals surface area contributed by atoms with Crippen LogP contribution >= 0.6 is 38.9 Å². The number of aryl methyl sites for hydroxylation is 1. The lowest BCUT2D eigenvalue weighted by molar-refractivity contribution is 0.892. The van der Waals surface area contributed by atoms with Crippen LogP contribution in [-0.4, -0.2) is 17.0 Å². The smallest absolute Gasteiger partial charge is 0.224 e. The molecule has 7 heteroatoms. The first kappa shape index (κ1) is 13.6. The Labute approximate surface area is 123 Å². The average Bonchev–Trinajstić information content (AvgIpc) is 2.69. The molecule has 2 N–H and O–H groups in total. The molecular weight excluding hydrogens is 336 g/mol. The van der Waals surface area contributed by atoms with Crippen LogP contribution in [0.4, 0.5) is 11.5 Å². The summed E-state index contributed by atoms with van der Waals surface area (Å²) in [5.41, 5.74) is 8.44. The summed E-state index contributed by atoms with van der Waals surface area (Å²) in [5, 5.41) is 2.31. The number of hydrogen-bond donors (Lipinski definition) is 1. The molecule has 0 saturated heterocycles. The van der Waals surface area contributed by atoms with Gasteiger partial charge < -0.3 is 10.6 Å². The van der Waals surface area contributed by atoms with Crippen molar-refractivity contribution in [2.24, 2.45) is 0 Å². The van der Waals surface area contributed by atoms with Crippen LogP contribution < -0.4 is 10.6 Å². The first-order valence-electron chi connectivity index (χ1n) is 5.21. The first-order chi connectivity index (χ1) is 8.47. The van der Waals surface area contributed by atoms with Crippen LogP contribution in [0.5, 0.6) is 0 Å². The van der Waals surface area contributed by atoms with Gasteiger partial charge >= 0.3 is 0 Å². The molecule has 0 radical (unpaired) electrons. The van der Waals surface area contributed by atoms with E-state index < -0.39 is 0 Å². The van der Waals surface area contributed by atoms with E-state index in [0.29, 0.717) is 17.2 Å². The molecule has 0 aliphatic rings. The minimum absolute atomic E-state index is 0.218. The maximum absolute atomic E-state index is 5.98. The highest BCUT2D eigenvalue weighted by atomic mass is 79.9. The number of anilines is 2. The Morgan fingerprint density at radius 2 is 2.22 bits per heavy atom. The Balaban J connectivity index is 2.26. The van der Waals surface area contributed by atoms with Crippen molar-refractivity contribution in [1.29, 1.82) is 0 Å². The second-order valence-corrected chi connectivity index (χ2v) is 6.56. The van der Waals surface area contributed by atoms with Gasteiger partial charge in [-0.3, -0.25) is 0 Å². The largest absolute Gasteiger partial charge is 0.394 e. The molecule has 0 fully saturated rings. The summed E-state index contributed by atoms with van der Waals surface area (Å²) >= 11 is 11.0. The molecule has 0 bridgehead atoms. The van der Waals surface area contributed by atoms with Crippen molar-refractivity contribution < 1.29 is 0 Å². The third-order valence-electron chi connectivity index (χ3n) is 2.49. The number of nitrogens with zero attached hydrogens (tertiary/aromatic N) is 3. The van der Waals surface area contributed by atoms with E-state index in [9.17, 15) is 0 Å². The van der Waals surface area contributed by atoms with Gasteiger partial charge in [-0.05, 0) is 51.5 Å². The molecule has 2 aromatic rings. The highest BCUT2D eigenvalue weighted by Gasteiger charge is 2.13. The average molecular weight is 348 g/mol. The van der Waals surface area contributed by atoms with Crippen molar-refractivity contribution in [2.75, 3.05) is 17.7 Å². The van der Waals surface area contributed by atoms with E-state index in [1.54, 1.807) is 11.3 Å². The van der Waals surface area contributed by atoms with Gasteiger partial charge in [0, 0.05) is 13.6 Å². The number of rotatable bonds is 3. The zero-order valence-corrected chi connectivity index (χ0v) is 13.1. The van der Waals surface area contributed by atoms with Gasteiger partial charge in [0.05, 0.1) is 15.2 Å².